The zero-order chi connectivity index (χ0) is 14.8. The summed E-state index contributed by atoms with van der Waals surface area (Å²) in [5, 5.41) is 0. The lowest BCUT2D eigenvalue weighted by Crippen LogP contribution is -2.46. The van der Waals surface area contributed by atoms with Crippen molar-refractivity contribution in [2.75, 3.05) is 18.0 Å². The maximum atomic E-state index is 6.31. The van der Waals surface area contributed by atoms with Gasteiger partial charge in [0.2, 0.25) is 0 Å². The maximum Gasteiger partial charge on any atom is 0.0367 e. The highest BCUT2D eigenvalue weighted by atomic mass is 79.9. The van der Waals surface area contributed by atoms with Crippen LogP contribution in [-0.2, 0) is 0 Å². The molecule has 0 bridgehead atoms. The van der Waals surface area contributed by atoms with Crippen molar-refractivity contribution in [3.05, 3.63) is 64.1 Å². The molecule has 110 valence electrons. The molecule has 1 saturated heterocycles. The van der Waals surface area contributed by atoms with Crippen molar-refractivity contribution >= 4 is 21.6 Å². The van der Waals surface area contributed by atoms with E-state index in [4.69, 9.17) is 5.73 Å². The number of aryl methyl sites for hydroxylation is 1. The third-order valence-corrected chi connectivity index (χ3v) is 4.72. The first-order valence-electron chi connectivity index (χ1n) is 7.44. The first-order valence-corrected chi connectivity index (χ1v) is 8.24. The summed E-state index contributed by atoms with van der Waals surface area (Å²) in [6.07, 6.45) is 1.07. The van der Waals surface area contributed by atoms with Gasteiger partial charge in [-0.05, 0) is 43.2 Å². The fraction of sp³-hybridized carbons (Fsp3) is 0.333. The summed E-state index contributed by atoms with van der Waals surface area (Å²) in [7, 11) is 0. The number of halogens is 1. The van der Waals surface area contributed by atoms with Crippen molar-refractivity contribution in [2.45, 2.75) is 25.3 Å². The zero-order valence-electron chi connectivity index (χ0n) is 12.3. The molecule has 1 heterocycles. The smallest absolute Gasteiger partial charge is 0.0367 e. The molecule has 3 heteroatoms. The minimum absolute atomic E-state index is 0.230. The molecule has 1 aliphatic rings. The van der Waals surface area contributed by atoms with Crippen LogP contribution in [0.4, 0.5) is 5.69 Å². The van der Waals surface area contributed by atoms with Crippen molar-refractivity contribution in [1.82, 2.24) is 0 Å². The number of nitrogens with zero attached hydrogens (tertiary/aromatic N) is 1. The van der Waals surface area contributed by atoms with Gasteiger partial charge in [-0.1, -0.05) is 45.8 Å². The molecule has 21 heavy (non-hydrogen) atoms. The number of anilines is 1. The summed E-state index contributed by atoms with van der Waals surface area (Å²) in [5.41, 5.74) is 10.3. The third-order valence-electron chi connectivity index (χ3n) is 4.19. The molecule has 2 N–H and O–H groups in total. The van der Waals surface area contributed by atoms with E-state index in [9.17, 15) is 0 Å². The summed E-state index contributed by atoms with van der Waals surface area (Å²) in [5.74, 6) is 0.511. The Hall–Kier alpha value is -1.32. The summed E-state index contributed by atoms with van der Waals surface area (Å²) < 4.78 is 1.11. The topological polar surface area (TPSA) is 29.3 Å². The molecule has 2 aromatic rings. The normalized spacial score (nSPS) is 22.3. The Morgan fingerprint density at radius 1 is 1.10 bits per heavy atom. The van der Waals surface area contributed by atoms with Crippen LogP contribution in [0, 0.1) is 6.92 Å². The number of piperidine rings is 1. The second-order valence-corrected chi connectivity index (χ2v) is 6.90. The molecule has 0 saturated carbocycles. The second-order valence-electron chi connectivity index (χ2n) is 5.99. The van der Waals surface area contributed by atoms with Crippen molar-refractivity contribution in [1.29, 1.82) is 0 Å². The van der Waals surface area contributed by atoms with Gasteiger partial charge in [-0.25, -0.2) is 0 Å². The van der Waals surface area contributed by atoms with Gasteiger partial charge >= 0.3 is 0 Å². The van der Waals surface area contributed by atoms with Crippen LogP contribution >= 0.6 is 15.9 Å². The van der Waals surface area contributed by atoms with Gasteiger partial charge in [0, 0.05) is 35.2 Å². The molecule has 2 aromatic carbocycles. The standard InChI is InChI=1S/C18H21BrN2/c1-13-3-2-4-14(9-13)15-10-17(20)12-21(11-15)18-7-5-16(19)6-8-18/h2-9,15,17H,10-12,20H2,1H3. The first-order chi connectivity index (χ1) is 10.1. The molecular formula is C18H21BrN2. The van der Waals surface area contributed by atoms with Crippen LogP contribution in [0.25, 0.3) is 0 Å². The predicted molar refractivity (Wildman–Crippen MR) is 92.9 cm³/mol. The van der Waals surface area contributed by atoms with Crippen LogP contribution in [0.15, 0.2) is 53.0 Å². The van der Waals surface area contributed by atoms with E-state index in [1.54, 1.807) is 0 Å². The minimum Gasteiger partial charge on any atom is -0.369 e. The average Bonchev–Trinajstić information content (AvgIpc) is 2.47. The van der Waals surface area contributed by atoms with Crippen molar-refractivity contribution in [2.24, 2.45) is 5.73 Å². The monoisotopic (exact) mass is 344 g/mol. The van der Waals surface area contributed by atoms with E-state index in [1.807, 2.05) is 0 Å². The van der Waals surface area contributed by atoms with Crippen LogP contribution in [0.2, 0.25) is 0 Å². The fourth-order valence-electron chi connectivity index (χ4n) is 3.17. The van der Waals surface area contributed by atoms with Gasteiger partial charge < -0.3 is 10.6 Å². The zero-order valence-corrected chi connectivity index (χ0v) is 13.9. The van der Waals surface area contributed by atoms with Crippen molar-refractivity contribution in [3.63, 3.8) is 0 Å². The van der Waals surface area contributed by atoms with E-state index in [1.165, 1.54) is 16.8 Å². The van der Waals surface area contributed by atoms with E-state index in [0.717, 1.165) is 24.0 Å². The molecule has 0 amide bonds. The molecule has 0 spiro atoms. The van der Waals surface area contributed by atoms with E-state index < -0.39 is 0 Å². The Morgan fingerprint density at radius 2 is 1.86 bits per heavy atom. The van der Waals surface area contributed by atoms with Gasteiger partial charge in [-0.2, -0.15) is 0 Å². The number of hydrogen-bond acceptors (Lipinski definition) is 2. The molecule has 1 fully saturated rings. The number of rotatable bonds is 2. The van der Waals surface area contributed by atoms with Crippen LogP contribution in [0.3, 0.4) is 0 Å². The van der Waals surface area contributed by atoms with Gasteiger partial charge in [-0.15, -0.1) is 0 Å². The number of benzene rings is 2. The summed E-state index contributed by atoms with van der Waals surface area (Å²) in [6, 6.07) is 17.6. The molecule has 1 aliphatic heterocycles. The van der Waals surface area contributed by atoms with Crippen LogP contribution in [-0.4, -0.2) is 19.1 Å². The lowest BCUT2D eigenvalue weighted by atomic mass is 9.87. The molecule has 3 rings (SSSR count). The minimum atomic E-state index is 0.230. The molecule has 0 aliphatic carbocycles. The SMILES string of the molecule is Cc1cccc(C2CC(N)CN(c3ccc(Br)cc3)C2)c1. The Balaban J connectivity index is 1.83. The second kappa shape index (κ2) is 6.20. The Bertz CT molecular complexity index is 609. The highest BCUT2D eigenvalue weighted by Gasteiger charge is 2.26. The van der Waals surface area contributed by atoms with E-state index in [-0.39, 0.29) is 6.04 Å². The largest absolute Gasteiger partial charge is 0.369 e. The lowest BCUT2D eigenvalue weighted by molar-refractivity contribution is 0.454. The molecule has 2 atom stereocenters. The first kappa shape index (κ1) is 14.6. The molecular weight excluding hydrogens is 324 g/mol. The molecule has 0 aromatic heterocycles. The van der Waals surface area contributed by atoms with Crippen molar-refractivity contribution in [3.8, 4) is 0 Å². The summed E-state index contributed by atoms with van der Waals surface area (Å²) >= 11 is 3.49. The molecule has 0 radical (unpaired) electrons. The van der Waals surface area contributed by atoms with E-state index in [0.29, 0.717) is 5.92 Å². The van der Waals surface area contributed by atoms with Crippen LogP contribution in [0.5, 0.6) is 0 Å². The Morgan fingerprint density at radius 3 is 2.57 bits per heavy atom. The highest BCUT2D eigenvalue weighted by Crippen LogP contribution is 2.30. The van der Waals surface area contributed by atoms with Crippen LogP contribution < -0.4 is 10.6 Å². The number of hydrogen-bond donors (Lipinski definition) is 1. The summed E-state index contributed by atoms with van der Waals surface area (Å²) in [4.78, 5) is 2.41. The van der Waals surface area contributed by atoms with Gasteiger partial charge in [-0.3, -0.25) is 0 Å². The quantitative estimate of drug-likeness (QED) is 0.889. The Labute approximate surface area is 135 Å². The van der Waals surface area contributed by atoms with E-state index in [2.05, 4.69) is 76.3 Å². The predicted octanol–water partition coefficient (Wildman–Crippen LogP) is 4.08. The van der Waals surface area contributed by atoms with Gasteiger partial charge in [0.15, 0.2) is 0 Å². The number of nitrogens with two attached hydrogens (primary N) is 1. The third kappa shape index (κ3) is 3.47. The lowest BCUT2D eigenvalue weighted by Gasteiger charge is -2.38. The van der Waals surface area contributed by atoms with Gasteiger partial charge in [0.05, 0.1) is 0 Å². The van der Waals surface area contributed by atoms with E-state index >= 15 is 0 Å². The van der Waals surface area contributed by atoms with Gasteiger partial charge in [0.25, 0.3) is 0 Å². The summed E-state index contributed by atoms with van der Waals surface area (Å²) in [6.45, 7) is 4.13. The fourth-order valence-corrected chi connectivity index (χ4v) is 3.43. The van der Waals surface area contributed by atoms with Crippen LogP contribution in [0.1, 0.15) is 23.5 Å². The highest BCUT2D eigenvalue weighted by molar-refractivity contribution is 9.10. The maximum absolute atomic E-state index is 6.31. The average molecular weight is 345 g/mol. The Kier molecular flexibility index (Phi) is 4.32. The van der Waals surface area contributed by atoms with Crippen molar-refractivity contribution < 1.29 is 0 Å². The molecule has 2 nitrogen and oxygen atoms in total. The molecule has 2 unspecified atom stereocenters. The van der Waals surface area contributed by atoms with Gasteiger partial charge in [0.1, 0.15) is 0 Å².